The number of aromatic nitrogens is 4. The maximum Gasteiger partial charge on any atom is 0.515 e. The van der Waals surface area contributed by atoms with Gasteiger partial charge in [0, 0.05) is 11.0 Å². The number of hydrogen-bond donors (Lipinski definition) is 2. The highest BCUT2D eigenvalue weighted by Gasteiger charge is 2.27. The zero-order valence-corrected chi connectivity index (χ0v) is 23.6. The second-order valence-corrected chi connectivity index (χ2v) is 10.9. The second kappa shape index (κ2) is 13.5. The van der Waals surface area contributed by atoms with Crippen LogP contribution in [0.3, 0.4) is 0 Å². The molecule has 0 bridgehead atoms. The van der Waals surface area contributed by atoms with Gasteiger partial charge in [0.15, 0.2) is 11.2 Å². The highest BCUT2D eigenvalue weighted by molar-refractivity contribution is 9.10. The lowest BCUT2D eigenvalue weighted by Gasteiger charge is -2.19. The number of carbonyl (C=O) groups excluding carboxylic acids is 1. The molecule has 2 aromatic heterocycles. The number of benzene rings is 2. The maximum atomic E-state index is 13.4. The quantitative estimate of drug-likeness (QED) is 0.0707. The Morgan fingerprint density at radius 1 is 1.15 bits per heavy atom. The zero-order chi connectivity index (χ0) is 28.5. The van der Waals surface area contributed by atoms with Gasteiger partial charge >= 0.3 is 13.8 Å². The predicted octanol–water partition coefficient (Wildman–Crippen LogP) is 4.05. The molecule has 0 spiro atoms. The van der Waals surface area contributed by atoms with Crippen LogP contribution >= 0.6 is 23.5 Å². The molecule has 3 N–H and O–H groups in total. The monoisotopic (exact) mass is 637 g/mol. The average Bonchev–Trinajstić information content (AvgIpc) is 3.33. The summed E-state index contributed by atoms with van der Waals surface area (Å²) in [6.07, 6.45) is -0.114. The number of fused-ring (bicyclic) bond motifs is 1. The number of imidazole rings is 1. The summed E-state index contributed by atoms with van der Waals surface area (Å²) >= 11 is 3.37. The van der Waals surface area contributed by atoms with E-state index in [0.717, 1.165) is 10.0 Å². The lowest BCUT2D eigenvalue weighted by Crippen LogP contribution is -2.15. The van der Waals surface area contributed by atoms with Gasteiger partial charge < -0.3 is 33.8 Å². The normalized spacial score (nSPS) is 12.7. The van der Waals surface area contributed by atoms with Crippen LogP contribution in [0.1, 0.15) is 5.56 Å². The molecule has 2 aromatic carbocycles. The minimum atomic E-state index is -3.92. The van der Waals surface area contributed by atoms with E-state index in [1.165, 1.54) is 25.6 Å². The molecule has 0 fully saturated rings. The third-order valence-electron chi connectivity index (χ3n) is 5.22. The summed E-state index contributed by atoms with van der Waals surface area (Å²) in [6, 6.07) is 13.5. The van der Waals surface area contributed by atoms with Gasteiger partial charge in [-0.15, -0.1) is 0 Å². The topological polar surface area (TPSA) is 179 Å². The fourth-order valence-electron chi connectivity index (χ4n) is 3.31. The molecular formula is C24H25BrN5O9P. The molecular weight excluding hydrogens is 613 g/mol. The van der Waals surface area contributed by atoms with E-state index in [4.69, 9.17) is 33.7 Å². The molecule has 4 rings (SSSR count). The Hall–Kier alpha value is -3.75. The standard InChI is InChI=1S/C24H25BrN5O9P/c1-34-18-5-7-19(8-6-18)39-24(32)36-14-38-40(33,37-12-16-3-2-4-17(25)11-16)15-35-10-9-30-13-27-20-21(30)28-23(26)29-22(20)31/h2-8,11,13H,9-10,12,14-15H2,1H3,(H3,26,28,29,31). The summed E-state index contributed by atoms with van der Waals surface area (Å²) in [4.78, 5) is 34.5. The van der Waals surface area contributed by atoms with Crippen LogP contribution in [0.2, 0.25) is 0 Å². The lowest BCUT2D eigenvalue weighted by atomic mass is 10.2. The first kappa shape index (κ1) is 29.2. The van der Waals surface area contributed by atoms with E-state index in [9.17, 15) is 14.2 Å². The SMILES string of the molecule is COc1ccc(OC(=O)OCOP(=O)(COCCn2cnc3c(=O)[nH]c(N)nc32)OCc2cccc(Br)c2)cc1. The molecule has 14 nitrogen and oxygen atoms in total. The molecule has 0 aliphatic rings. The molecule has 212 valence electrons. The van der Waals surface area contributed by atoms with Gasteiger partial charge in [-0.2, -0.15) is 4.98 Å². The van der Waals surface area contributed by atoms with E-state index < -0.39 is 32.5 Å². The fourth-order valence-corrected chi connectivity index (χ4v) is 4.89. The van der Waals surface area contributed by atoms with Crippen LogP contribution in [0.25, 0.3) is 11.2 Å². The van der Waals surface area contributed by atoms with Gasteiger partial charge in [-0.1, -0.05) is 28.1 Å². The van der Waals surface area contributed by atoms with Crippen LogP contribution in [0.15, 0.2) is 64.1 Å². The van der Waals surface area contributed by atoms with E-state index in [1.54, 1.807) is 34.9 Å². The van der Waals surface area contributed by atoms with Crippen molar-refractivity contribution in [2.75, 3.05) is 32.6 Å². The molecule has 0 saturated carbocycles. The minimum Gasteiger partial charge on any atom is -0.497 e. The number of H-pyrrole nitrogens is 1. The first-order valence-electron chi connectivity index (χ1n) is 11.6. The summed E-state index contributed by atoms with van der Waals surface area (Å²) in [5, 5.41) is 0. The lowest BCUT2D eigenvalue weighted by molar-refractivity contribution is 0.0154. The minimum absolute atomic E-state index is 0.0355. The highest BCUT2D eigenvalue weighted by atomic mass is 79.9. The Morgan fingerprint density at radius 3 is 2.67 bits per heavy atom. The smallest absolute Gasteiger partial charge is 0.497 e. The predicted molar refractivity (Wildman–Crippen MR) is 146 cm³/mol. The molecule has 0 radical (unpaired) electrons. The van der Waals surface area contributed by atoms with Gasteiger partial charge in [0.05, 0.1) is 26.7 Å². The van der Waals surface area contributed by atoms with Crippen molar-refractivity contribution in [3.05, 3.63) is 75.2 Å². The molecule has 0 saturated heterocycles. The van der Waals surface area contributed by atoms with Crippen molar-refractivity contribution in [3.8, 4) is 11.5 Å². The molecule has 4 aromatic rings. The molecule has 1 atom stereocenters. The summed E-state index contributed by atoms with van der Waals surface area (Å²) in [5.74, 6) is 0.751. The van der Waals surface area contributed by atoms with Crippen LogP contribution in [-0.4, -0.2) is 52.5 Å². The number of nitrogen functional groups attached to an aromatic ring is 1. The molecule has 0 aliphatic carbocycles. The summed E-state index contributed by atoms with van der Waals surface area (Å²) in [5.41, 5.74) is 6.27. The van der Waals surface area contributed by atoms with Crippen LogP contribution in [0, 0.1) is 0 Å². The first-order valence-corrected chi connectivity index (χ1v) is 14.2. The maximum absolute atomic E-state index is 13.4. The van der Waals surface area contributed by atoms with Crippen molar-refractivity contribution in [1.29, 1.82) is 0 Å². The number of ether oxygens (including phenoxy) is 4. The van der Waals surface area contributed by atoms with Gasteiger partial charge in [0.2, 0.25) is 12.7 Å². The number of hydrogen-bond acceptors (Lipinski definition) is 12. The Kier molecular flexibility index (Phi) is 9.90. The number of nitrogens with two attached hydrogens (primary N) is 1. The zero-order valence-electron chi connectivity index (χ0n) is 21.2. The number of halogens is 1. The average molecular weight is 638 g/mol. The number of anilines is 1. The Labute approximate surface area is 236 Å². The van der Waals surface area contributed by atoms with E-state index in [-0.39, 0.29) is 42.6 Å². The third kappa shape index (κ3) is 8.13. The van der Waals surface area contributed by atoms with Gasteiger partial charge in [0.1, 0.15) is 17.8 Å². The Balaban J connectivity index is 1.33. The number of rotatable bonds is 13. The molecule has 1 unspecified atom stereocenters. The second-order valence-electron chi connectivity index (χ2n) is 8.03. The van der Waals surface area contributed by atoms with Crippen molar-refractivity contribution in [2.45, 2.75) is 13.2 Å². The summed E-state index contributed by atoms with van der Waals surface area (Å²) in [6.45, 7) is -0.530. The van der Waals surface area contributed by atoms with Crippen LogP contribution in [0.5, 0.6) is 11.5 Å². The number of nitrogens with one attached hydrogen (secondary N) is 1. The van der Waals surface area contributed by atoms with Crippen LogP contribution < -0.4 is 20.8 Å². The number of carbonyl (C=O) groups is 1. The number of nitrogens with zero attached hydrogens (tertiary/aromatic N) is 3. The van der Waals surface area contributed by atoms with E-state index in [2.05, 4.69) is 30.9 Å². The molecule has 0 aliphatic heterocycles. The number of methoxy groups -OCH3 is 1. The number of aromatic amines is 1. The van der Waals surface area contributed by atoms with E-state index in [0.29, 0.717) is 5.75 Å². The van der Waals surface area contributed by atoms with Crippen molar-refractivity contribution in [1.82, 2.24) is 19.5 Å². The van der Waals surface area contributed by atoms with Gasteiger partial charge in [-0.3, -0.25) is 18.9 Å². The molecule has 2 heterocycles. The Morgan fingerprint density at radius 2 is 1.93 bits per heavy atom. The summed E-state index contributed by atoms with van der Waals surface area (Å²) < 4.78 is 47.3. The van der Waals surface area contributed by atoms with Crippen molar-refractivity contribution in [2.24, 2.45) is 0 Å². The van der Waals surface area contributed by atoms with E-state index in [1.807, 2.05) is 6.07 Å². The first-order chi connectivity index (χ1) is 19.2. The van der Waals surface area contributed by atoms with Gasteiger partial charge in [-0.25, -0.2) is 9.78 Å². The van der Waals surface area contributed by atoms with Crippen molar-refractivity contribution >= 4 is 46.8 Å². The molecule has 40 heavy (non-hydrogen) atoms. The van der Waals surface area contributed by atoms with Crippen molar-refractivity contribution in [3.63, 3.8) is 0 Å². The third-order valence-corrected chi connectivity index (χ3v) is 7.24. The fraction of sp³-hybridized carbons (Fsp3) is 0.250. The van der Waals surface area contributed by atoms with Crippen molar-refractivity contribution < 1.29 is 37.4 Å². The van der Waals surface area contributed by atoms with Crippen LogP contribution in [0.4, 0.5) is 10.7 Å². The highest BCUT2D eigenvalue weighted by Crippen LogP contribution is 2.49. The largest absolute Gasteiger partial charge is 0.515 e. The van der Waals surface area contributed by atoms with Crippen LogP contribution in [-0.2, 0) is 36.2 Å². The Bertz CT molecular complexity index is 1560. The van der Waals surface area contributed by atoms with E-state index >= 15 is 0 Å². The molecule has 0 amide bonds. The van der Waals surface area contributed by atoms with Gasteiger partial charge in [0.25, 0.3) is 5.56 Å². The van der Waals surface area contributed by atoms with Gasteiger partial charge in [-0.05, 0) is 42.0 Å². The summed E-state index contributed by atoms with van der Waals surface area (Å²) in [7, 11) is -2.41. The molecule has 16 heteroatoms.